The second-order valence-corrected chi connectivity index (χ2v) is 8.37. The average molecular weight is 464 g/mol. The number of hydrogen-bond acceptors (Lipinski definition) is 5. The number of ether oxygens (including phenoxy) is 2. The molecule has 0 spiro atoms. The number of aromatic nitrogens is 1. The number of pyridine rings is 1. The fourth-order valence-corrected chi connectivity index (χ4v) is 4.17. The van der Waals surface area contributed by atoms with Gasteiger partial charge in [-0.05, 0) is 50.1 Å². The molecule has 1 aliphatic heterocycles. The molecule has 4 rings (SSSR count). The third-order valence-corrected chi connectivity index (χ3v) is 6.04. The van der Waals surface area contributed by atoms with Gasteiger partial charge in [-0.3, -0.25) is 14.7 Å². The topological polar surface area (TPSA) is 63.7 Å². The largest absolute Gasteiger partial charge is 0.497 e. The van der Waals surface area contributed by atoms with Crippen LogP contribution < -0.4 is 14.8 Å². The van der Waals surface area contributed by atoms with Gasteiger partial charge in [0.2, 0.25) is 0 Å². The molecule has 1 amide bonds. The maximum atomic E-state index is 13.4. The third-order valence-electron chi connectivity index (χ3n) is 6.04. The van der Waals surface area contributed by atoms with Gasteiger partial charge in [-0.2, -0.15) is 0 Å². The molecule has 2 aromatic carbocycles. The molecule has 0 aliphatic carbocycles. The minimum Gasteiger partial charge on any atom is -0.497 e. The molecule has 34 heavy (non-hydrogen) atoms. The van der Waals surface area contributed by atoms with Crippen LogP contribution in [0.3, 0.4) is 0 Å². The maximum Gasteiger partial charge on any atom is 0.253 e. The van der Waals surface area contributed by atoms with E-state index < -0.39 is 0 Å². The highest BCUT2D eigenvalue weighted by Crippen LogP contribution is 2.27. The first-order valence-corrected chi connectivity index (χ1v) is 11.6. The Labute approximate surface area is 199 Å². The summed E-state index contributed by atoms with van der Waals surface area (Å²) in [4.78, 5) is 19.4. The van der Waals surface area contributed by atoms with Crippen LogP contribution in [0, 0.1) is 5.82 Å². The minimum absolute atomic E-state index is 0.119. The standard InChI is InChI=1S/C27H30FN3O3/c1-3-34-26-16-24(33-2)9-7-21(26)18-31-13-11-23(12-14-31)30-27(32)20-8-10-25(29-17-20)19-5-4-6-22(28)15-19/h4-10,15-17,23H,3,11-14,18H2,1-2H3,(H,30,32). The van der Waals surface area contributed by atoms with E-state index in [-0.39, 0.29) is 17.8 Å². The summed E-state index contributed by atoms with van der Waals surface area (Å²) >= 11 is 0. The van der Waals surface area contributed by atoms with E-state index in [0.717, 1.165) is 49.5 Å². The molecular formula is C27H30FN3O3. The van der Waals surface area contributed by atoms with Gasteiger partial charge >= 0.3 is 0 Å². The summed E-state index contributed by atoms with van der Waals surface area (Å²) in [6, 6.07) is 15.8. The Hall–Kier alpha value is -3.45. The zero-order valence-corrected chi connectivity index (χ0v) is 19.6. The van der Waals surface area contributed by atoms with Gasteiger partial charge in [0.25, 0.3) is 5.91 Å². The average Bonchev–Trinajstić information content (AvgIpc) is 2.86. The van der Waals surface area contributed by atoms with Crippen molar-refractivity contribution in [3.8, 4) is 22.8 Å². The van der Waals surface area contributed by atoms with E-state index in [1.54, 1.807) is 37.6 Å². The van der Waals surface area contributed by atoms with Crippen LogP contribution in [0.25, 0.3) is 11.3 Å². The third kappa shape index (κ3) is 5.91. The Morgan fingerprint density at radius 1 is 1.15 bits per heavy atom. The molecule has 1 aromatic heterocycles. The van der Waals surface area contributed by atoms with Gasteiger partial charge < -0.3 is 14.8 Å². The second kappa shape index (κ2) is 11.1. The summed E-state index contributed by atoms with van der Waals surface area (Å²) in [6.45, 7) is 5.15. The fraction of sp³-hybridized carbons (Fsp3) is 0.333. The van der Waals surface area contributed by atoms with Crippen molar-refractivity contribution in [1.29, 1.82) is 0 Å². The molecule has 0 radical (unpaired) electrons. The monoisotopic (exact) mass is 463 g/mol. The maximum absolute atomic E-state index is 13.4. The lowest BCUT2D eigenvalue weighted by Gasteiger charge is -2.32. The van der Waals surface area contributed by atoms with Crippen molar-refractivity contribution in [2.24, 2.45) is 0 Å². The molecule has 6 nitrogen and oxygen atoms in total. The zero-order valence-electron chi connectivity index (χ0n) is 19.6. The lowest BCUT2D eigenvalue weighted by atomic mass is 10.0. The summed E-state index contributed by atoms with van der Waals surface area (Å²) < 4.78 is 24.6. The molecule has 7 heteroatoms. The van der Waals surface area contributed by atoms with Crippen molar-refractivity contribution >= 4 is 5.91 Å². The van der Waals surface area contributed by atoms with E-state index in [2.05, 4.69) is 21.3 Å². The van der Waals surface area contributed by atoms with Gasteiger partial charge in [0.05, 0.1) is 25.0 Å². The summed E-state index contributed by atoms with van der Waals surface area (Å²) in [6.07, 6.45) is 3.30. The molecular weight excluding hydrogens is 433 g/mol. The van der Waals surface area contributed by atoms with Gasteiger partial charge in [-0.25, -0.2) is 4.39 Å². The van der Waals surface area contributed by atoms with E-state index in [0.29, 0.717) is 23.4 Å². The van der Waals surface area contributed by atoms with Crippen LogP contribution in [0.5, 0.6) is 11.5 Å². The number of rotatable bonds is 8. The van der Waals surface area contributed by atoms with Crippen LogP contribution in [-0.4, -0.2) is 48.6 Å². The summed E-state index contributed by atoms with van der Waals surface area (Å²) in [7, 11) is 1.65. The number of nitrogens with zero attached hydrogens (tertiary/aromatic N) is 2. The molecule has 1 fully saturated rings. The number of piperidine rings is 1. The van der Waals surface area contributed by atoms with Crippen LogP contribution in [0.15, 0.2) is 60.8 Å². The van der Waals surface area contributed by atoms with Gasteiger partial charge in [0, 0.05) is 49.1 Å². The summed E-state index contributed by atoms with van der Waals surface area (Å²) in [5, 5.41) is 3.13. The van der Waals surface area contributed by atoms with Crippen LogP contribution >= 0.6 is 0 Å². The number of amides is 1. The first-order valence-electron chi connectivity index (χ1n) is 11.6. The van der Waals surface area contributed by atoms with Gasteiger partial charge in [0.1, 0.15) is 17.3 Å². The molecule has 1 saturated heterocycles. The Morgan fingerprint density at radius 3 is 2.65 bits per heavy atom. The molecule has 0 saturated carbocycles. The molecule has 0 bridgehead atoms. The predicted molar refractivity (Wildman–Crippen MR) is 130 cm³/mol. The highest BCUT2D eigenvalue weighted by molar-refractivity contribution is 5.94. The number of nitrogens with one attached hydrogen (secondary N) is 1. The van der Waals surface area contributed by atoms with E-state index in [4.69, 9.17) is 9.47 Å². The van der Waals surface area contributed by atoms with E-state index in [9.17, 15) is 9.18 Å². The normalized spacial score (nSPS) is 14.6. The molecule has 0 unspecified atom stereocenters. The van der Waals surface area contributed by atoms with Crippen LogP contribution in [0.1, 0.15) is 35.7 Å². The first-order chi connectivity index (χ1) is 16.6. The van der Waals surface area contributed by atoms with Crippen molar-refractivity contribution in [3.05, 3.63) is 77.7 Å². The van der Waals surface area contributed by atoms with Crippen molar-refractivity contribution in [3.63, 3.8) is 0 Å². The molecule has 3 aromatic rings. The molecule has 178 valence electrons. The predicted octanol–water partition coefficient (Wildman–Crippen LogP) is 4.69. The number of carbonyl (C=O) groups is 1. The summed E-state index contributed by atoms with van der Waals surface area (Å²) in [5.74, 6) is 1.19. The Morgan fingerprint density at radius 2 is 1.97 bits per heavy atom. The quantitative estimate of drug-likeness (QED) is 0.525. The number of carbonyl (C=O) groups excluding carboxylic acids is 1. The van der Waals surface area contributed by atoms with E-state index >= 15 is 0 Å². The Balaban J connectivity index is 1.30. The van der Waals surface area contributed by atoms with Gasteiger partial charge in [0.15, 0.2) is 0 Å². The van der Waals surface area contributed by atoms with Gasteiger partial charge in [-0.1, -0.05) is 18.2 Å². The van der Waals surface area contributed by atoms with Crippen molar-refractivity contribution in [1.82, 2.24) is 15.2 Å². The second-order valence-electron chi connectivity index (χ2n) is 8.37. The number of halogens is 1. The van der Waals surface area contributed by atoms with Crippen LogP contribution in [0.2, 0.25) is 0 Å². The van der Waals surface area contributed by atoms with E-state index in [1.165, 1.54) is 12.1 Å². The Kier molecular flexibility index (Phi) is 7.75. The van der Waals surface area contributed by atoms with Gasteiger partial charge in [-0.15, -0.1) is 0 Å². The SMILES string of the molecule is CCOc1cc(OC)ccc1CN1CCC(NC(=O)c2ccc(-c3cccc(F)c3)nc2)CC1. The van der Waals surface area contributed by atoms with Crippen LogP contribution in [0.4, 0.5) is 4.39 Å². The highest BCUT2D eigenvalue weighted by atomic mass is 19.1. The highest BCUT2D eigenvalue weighted by Gasteiger charge is 2.22. The lowest BCUT2D eigenvalue weighted by molar-refractivity contribution is 0.0908. The lowest BCUT2D eigenvalue weighted by Crippen LogP contribution is -2.44. The number of benzene rings is 2. The van der Waals surface area contributed by atoms with Crippen molar-refractivity contribution in [2.75, 3.05) is 26.8 Å². The number of hydrogen-bond donors (Lipinski definition) is 1. The molecule has 1 aliphatic rings. The molecule has 0 atom stereocenters. The van der Waals surface area contributed by atoms with E-state index in [1.807, 2.05) is 19.1 Å². The first kappa shape index (κ1) is 23.7. The molecule has 1 N–H and O–H groups in total. The Bertz CT molecular complexity index is 1110. The zero-order chi connectivity index (χ0) is 23.9. The number of likely N-dealkylation sites (tertiary alicyclic amines) is 1. The molecule has 2 heterocycles. The summed E-state index contributed by atoms with van der Waals surface area (Å²) in [5.41, 5.74) is 2.95. The number of methoxy groups -OCH3 is 1. The van der Waals surface area contributed by atoms with Crippen molar-refractivity contribution in [2.45, 2.75) is 32.4 Å². The minimum atomic E-state index is -0.312. The fourth-order valence-electron chi connectivity index (χ4n) is 4.17. The van der Waals surface area contributed by atoms with Crippen LogP contribution in [-0.2, 0) is 6.54 Å². The smallest absolute Gasteiger partial charge is 0.253 e. The van der Waals surface area contributed by atoms with Crippen molar-refractivity contribution < 1.29 is 18.7 Å².